The predicted octanol–water partition coefficient (Wildman–Crippen LogP) is 3.08. The molecule has 0 spiro atoms. The zero-order valence-corrected chi connectivity index (χ0v) is 6.39. The lowest BCUT2D eigenvalue weighted by Gasteiger charge is -1.82. The van der Waals surface area contributed by atoms with E-state index >= 15 is 0 Å². The predicted molar refractivity (Wildman–Crippen MR) is 43.4 cm³/mol. The van der Waals surface area contributed by atoms with Crippen LogP contribution in [0.15, 0.2) is 36.0 Å². The molecule has 0 saturated heterocycles. The third kappa shape index (κ3) is 5.09. The van der Waals surface area contributed by atoms with Crippen LogP contribution >= 0.6 is 0 Å². The molecule has 0 radical (unpaired) electrons. The third-order valence-electron chi connectivity index (χ3n) is 1.12. The van der Waals surface area contributed by atoms with Gasteiger partial charge in [0.15, 0.2) is 0 Å². The molecular formula is C9H14. The number of rotatable bonds is 2. The lowest BCUT2D eigenvalue weighted by molar-refractivity contribution is 1.48. The fourth-order valence-electron chi connectivity index (χ4n) is 0.415. The molecule has 0 nitrogen and oxygen atoms in total. The van der Waals surface area contributed by atoms with Crippen molar-refractivity contribution in [3.05, 3.63) is 36.0 Å². The van der Waals surface area contributed by atoms with Gasteiger partial charge in [0.1, 0.15) is 0 Å². The second-order valence-corrected chi connectivity index (χ2v) is 1.92. The van der Waals surface area contributed by atoms with Gasteiger partial charge in [-0.05, 0) is 20.8 Å². The summed E-state index contributed by atoms with van der Waals surface area (Å²) >= 11 is 0. The zero-order chi connectivity index (χ0) is 7.11. The fourth-order valence-corrected chi connectivity index (χ4v) is 0.415. The van der Waals surface area contributed by atoms with Crippen molar-refractivity contribution in [2.45, 2.75) is 20.8 Å². The van der Waals surface area contributed by atoms with Gasteiger partial charge in [-0.3, -0.25) is 0 Å². The van der Waals surface area contributed by atoms with E-state index in [1.165, 1.54) is 5.57 Å². The van der Waals surface area contributed by atoms with Crippen LogP contribution in [0.5, 0.6) is 0 Å². The maximum absolute atomic E-state index is 2.08. The van der Waals surface area contributed by atoms with Crippen molar-refractivity contribution >= 4 is 0 Å². The Morgan fingerprint density at radius 1 is 1.11 bits per heavy atom. The van der Waals surface area contributed by atoms with Gasteiger partial charge in [0.05, 0.1) is 0 Å². The lowest BCUT2D eigenvalue weighted by Crippen LogP contribution is -1.61. The van der Waals surface area contributed by atoms with E-state index in [-0.39, 0.29) is 0 Å². The highest BCUT2D eigenvalue weighted by atomic mass is 13.8. The Morgan fingerprint density at radius 3 is 2.22 bits per heavy atom. The Morgan fingerprint density at radius 2 is 1.78 bits per heavy atom. The van der Waals surface area contributed by atoms with Crippen LogP contribution in [0.4, 0.5) is 0 Å². The topological polar surface area (TPSA) is 0 Å². The maximum Gasteiger partial charge on any atom is -0.0401 e. The summed E-state index contributed by atoms with van der Waals surface area (Å²) in [6, 6.07) is 0. The minimum Gasteiger partial charge on any atom is -0.0877 e. The van der Waals surface area contributed by atoms with Crippen molar-refractivity contribution in [2.24, 2.45) is 0 Å². The highest BCUT2D eigenvalue weighted by molar-refractivity contribution is 5.18. The van der Waals surface area contributed by atoms with Crippen molar-refractivity contribution in [3.8, 4) is 0 Å². The SMILES string of the molecule is C\C=C/C=C\C(C)=C/C. The molecule has 0 heteroatoms. The molecule has 0 rings (SSSR count). The monoisotopic (exact) mass is 122 g/mol. The van der Waals surface area contributed by atoms with Gasteiger partial charge in [-0.15, -0.1) is 0 Å². The Bertz CT molecular complexity index is 136. The molecule has 9 heavy (non-hydrogen) atoms. The Balaban J connectivity index is 3.71. The molecule has 0 aromatic rings. The second-order valence-electron chi connectivity index (χ2n) is 1.92. The number of hydrogen-bond donors (Lipinski definition) is 0. The van der Waals surface area contributed by atoms with Gasteiger partial charge in [-0.1, -0.05) is 36.0 Å². The first kappa shape index (κ1) is 8.22. The van der Waals surface area contributed by atoms with Crippen LogP contribution in [-0.2, 0) is 0 Å². The largest absolute Gasteiger partial charge is 0.0877 e. The van der Waals surface area contributed by atoms with E-state index in [0.29, 0.717) is 0 Å². The molecule has 0 atom stereocenters. The minimum absolute atomic E-state index is 1.30. The summed E-state index contributed by atoms with van der Waals surface area (Å²) < 4.78 is 0. The Kier molecular flexibility index (Phi) is 4.89. The molecule has 0 bridgehead atoms. The Hall–Kier alpha value is -0.780. The van der Waals surface area contributed by atoms with Crippen molar-refractivity contribution in [3.63, 3.8) is 0 Å². The van der Waals surface area contributed by atoms with Crippen LogP contribution in [0.1, 0.15) is 20.8 Å². The first-order chi connectivity index (χ1) is 4.31. The smallest absolute Gasteiger partial charge is 0.0401 e. The molecule has 0 unspecified atom stereocenters. The molecule has 0 saturated carbocycles. The van der Waals surface area contributed by atoms with E-state index in [4.69, 9.17) is 0 Å². The molecule has 0 aliphatic rings. The first-order valence-electron chi connectivity index (χ1n) is 3.23. The standard InChI is InChI=1S/C9H14/c1-4-6-7-8-9(3)5-2/h4-8H,1-3H3/b6-4-,8-7-,9-5-. The van der Waals surface area contributed by atoms with E-state index in [1.54, 1.807) is 0 Å². The lowest BCUT2D eigenvalue weighted by atomic mass is 10.2. The van der Waals surface area contributed by atoms with Crippen molar-refractivity contribution in [1.82, 2.24) is 0 Å². The fraction of sp³-hybridized carbons (Fsp3) is 0.333. The van der Waals surface area contributed by atoms with E-state index in [2.05, 4.69) is 19.1 Å². The average Bonchev–Trinajstić information content (AvgIpc) is 1.89. The van der Waals surface area contributed by atoms with Gasteiger partial charge >= 0.3 is 0 Å². The van der Waals surface area contributed by atoms with E-state index < -0.39 is 0 Å². The van der Waals surface area contributed by atoms with E-state index in [0.717, 1.165) is 0 Å². The van der Waals surface area contributed by atoms with Crippen molar-refractivity contribution in [1.29, 1.82) is 0 Å². The molecular weight excluding hydrogens is 108 g/mol. The minimum atomic E-state index is 1.30. The highest BCUT2D eigenvalue weighted by Crippen LogP contribution is 1.92. The Labute approximate surface area is 57.6 Å². The molecule has 0 N–H and O–H groups in total. The summed E-state index contributed by atoms with van der Waals surface area (Å²) in [5.74, 6) is 0. The van der Waals surface area contributed by atoms with E-state index in [9.17, 15) is 0 Å². The van der Waals surface area contributed by atoms with Crippen LogP contribution in [0.2, 0.25) is 0 Å². The van der Waals surface area contributed by atoms with E-state index in [1.807, 2.05) is 32.1 Å². The molecule has 0 aromatic heterocycles. The molecule has 0 aromatic carbocycles. The van der Waals surface area contributed by atoms with Gasteiger partial charge in [0, 0.05) is 0 Å². The molecule has 50 valence electrons. The summed E-state index contributed by atoms with van der Waals surface area (Å²) in [6.07, 6.45) is 10.2. The first-order valence-corrected chi connectivity index (χ1v) is 3.23. The summed E-state index contributed by atoms with van der Waals surface area (Å²) in [7, 11) is 0. The number of allylic oxidation sites excluding steroid dienone is 6. The normalized spacial score (nSPS) is 13.9. The highest BCUT2D eigenvalue weighted by Gasteiger charge is 1.71. The molecule has 0 heterocycles. The summed E-state index contributed by atoms with van der Waals surface area (Å²) in [6.45, 7) is 6.13. The average molecular weight is 122 g/mol. The quantitative estimate of drug-likeness (QED) is 0.494. The summed E-state index contributed by atoms with van der Waals surface area (Å²) in [4.78, 5) is 0. The van der Waals surface area contributed by atoms with Crippen LogP contribution < -0.4 is 0 Å². The van der Waals surface area contributed by atoms with Crippen LogP contribution in [0.3, 0.4) is 0 Å². The maximum atomic E-state index is 2.08. The van der Waals surface area contributed by atoms with Crippen LogP contribution in [0.25, 0.3) is 0 Å². The number of hydrogen-bond acceptors (Lipinski definition) is 0. The summed E-state index contributed by atoms with van der Waals surface area (Å²) in [5.41, 5.74) is 1.30. The molecule has 0 amide bonds. The molecule has 0 aliphatic heterocycles. The van der Waals surface area contributed by atoms with Crippen molar-refractivity contribution in [2.75, 3.05) is 0 Å². The van der Waals surface area contributed by atoms with Gasteiger partial charge in [0.2, 0.25) is 0 Å². The molecule has 0 aliphatic carbocycles. The van der Waals surface area contributed by atoms with Crippen LogP contribution in [-0.4, -0.2) is 0 Å². The van der Waals surface area contributed by atoms with Gasteiger partial charge in [-0.25, -0.2) is 0 Å². The van der Waals surface area contributed by atoms with Gasteiger partial charge < -0.3 is 0 Å². The van der Waals surface area contributed by atoms with Crippen LogP contribution in [0, 0.1) is 0 Å². The molecule has 0 fully saturated rings. The summed E-state index contributed by atoms with van der Waals surface area (Å²) in [5, 5.41) is 0. The van der Waals surface area contributed by atoms with Crippen molar-refractivity contribution < 1.29 is 0 Å². The second kappa shape index (κ2) is 5.36. The zero-order valence-electron chi connectivity index (χ0n) is 6.39. The van der Waals surface area contributed by atoms with Gasteiger partial charge in [0.25, 0.3) is 0 Å². The third-order valence-corrected chi connectivity index (χ3v) is 1.12. The van der Waals surface area contributed by atoms with Gasteiger partial charge in [-0.2, -0.15) is 0 Å².